The van der Waals surface area contributed by atoms with Gasteiger partial charge in [-0.1, -0.05) is 0 Å². The lowest BCUT2D eigenvalue weighted by molar-refractivity contribution is 0.0945. The maximum absolute atomic E-state index is 13.7. The number of piperidine rings is 1. The van der Waals surface area contributed by atoms with E-state index in [1.54, 1.807) is 30.5 Å². The van der Waals surface area contributed by atoms with Crippen molar-refractivity contribution in [3.8, 4) is 0 Å². The molecule has 2 amide bonds. The third-order valence-corrected chi connectivity index (χ3v) is 6.28. The lowest BCUT2D eigenvalue weighted by atomic mass is 9.71. The minimum absolute atomic E-state index is 0.150. The highest BCUT2D eigenvalue weighted by Gasteiger charge is 2.45. The lowest BCUT2D eigenvalue weighted by Crippen LogP contribution is -2.61. The van der Waals surface area contributed by atoms with Crippen LogP contribution in [0.15, 0.2) is 54.7 Å². The smallest absolute Gasteiger partial charge is 0.321 e. The van der Waals surface area contributed by atoms with Crippen LogP contribution in [0, 0.1) is 17.0 Å². The first-order valence-corrected chi connectivity index (χ1v) is 10.1. The molecule has 2 aromatic carbocycles. The van der Waals surface area contributed by atoms with Crippen LogP contribution in [0.2, 0.25) is 0 Å². The minimum atomic E-state index is -0.327. The normalized spacial score (nSPS) is 17.8. The number of nitrogens with zero attached hydrogens (tertiary/aromatic N) is 3. The monoisotopic (exact) mass is 408 g/mol. The first kappa shape index (κ1) is 18.8. The predicted octanol–water partition coefficient (Wildman–Crippen LogP) is 4.65. The molecule has 0 radical (unpaired) electrons. The molecule has 0 atom stereocenters. The Bertz CT molecular complexity index is 1090. The molecule has 3 aromatic rings. The average molecular weight is 408 g/mol. The summed E-state index contributed by atoms with van der Waals surface area (Å²) in [7, 11) is 0. The molecule has 0 unspecified atom stereocenters. The van der Waals surface area contributed by atoms with Gasteiger partial charge in [-0.25, -0.2) is 13.6 Å². The fourth-order valence-corrected chi connectivity index (χ4v) is 4.55. The van der Waals surface area contributed by atoms with Crippen LogP contribution in [0.1, 0.15) is 12.8 Å². The van der Waals surface area contributed by atoms with Crippen LogP contribution in [-0.2, 0) is 0 Å². The zero-order chi connectivity index (χ0) is 20.7. The summed E-state index contributed by atoms with van der Waals surface area (Å²) in [6.45, 7) is 3.17. The van der Waals surface area contributed by atoms with Gasteiger partial charge in [0, 0.05) is 54.6 Å². The third-order valence-electron chi connectivity index (χ3n) is 6.28. The molecule has 3 heterocycles. The van der Waals surface area contributed by atoms with Gasteiger partial charge in [0.2, 0.25) is 0 Å². The van der Waals surface area contributed by atoms with Crippen molar-refractivity contribution in [2.45, 2.75) is 12.8 Å². The van der Waals surface area contributed by atoms with Crippen LogP contribution in [0.5, 0.6) is 0 Å². The second-order valence-electron chi connectivity index (χ2n) is 8.27. The molecule has 2 saturated heterocycles. The van der Waals surface area contributed by atoms with Crippen LogP contribution in [0.3, 0.4) is 0 Å². The molecule has 1 spiro atoms. The van der Waals surface area contributed by atoms with Gasteiger partial charge in [-0.05, 0) is 61.4 Å². The Morgan fingerprint density at radius 1 is 0.967 bits per heavy atom. The van der Waals surface area contributed by atoms with Gasteiger partial charge in [0.15, 0.2) is 0 Å². The van der Waals surface area contributed by atoms with Gasteiger partial charge in [-0.3, -0.25) is 4.98 Å². The highest BCUT2D eigenvalue weighted by atomic mass is 19.1. The van der Waals surface area contributed by atoms with E-state index in [4.69, 9.17) is 0 Å². The molecule has 5 rings (SSSR count). The predicted molar refractivity (Wildman–Crippen MR) is 113 cm³/mol. The summed E-state index contributed by atoms with van der Waals surface area (Å²) in [6.07, 6.45) is 3.62. The largest absolute Gasteiger partial charge is 0.370 e. The Morgan fingerprint density at radius 3 is 2.40 bits per heavy atom. The van der Waals surface area contributed by atoms with Crippen molar-refractivity contribution in [3.05, 3.63) is 66.4 Å². The molecule has 0 aliphatic carbocycles. The summed E-state index contributed by atoms with van der Waals surface area (Å²) in [5.74, 6) is -0.584. The Hall–Kier alpha value is -3.22. The number of hydrogen-bond donors (Lipinski definition) is 1. The number of halogens is 2. The van der Waals surface area contributed by atoms with Crippen molar-refractivity contribution in [1.82, 2.24) is 9.88 Å². The van der Waals surface area contributed by atoms with E-state index in [2.05, 4.69) is 15.2 Å². The Balaban J connectivity index is 1.21. The molecule has 5 nitrogen and oxygen atoms in total. The second-order valence-corrected chi connectivity index (χ2v) is 8.27. The Labute approximate surface area is 173 Å². The van der Waals surface area contributed by atoms with E-state index in [0.29, 0.717) is 18.8 Å². The SMILES string of the molecule is O=C(Nc1ccc(F)cc1)N1CCC2(CC1)CN(c1ccnc3ccc(F)cc13)C2. The van der Waals surface area contributed by atoms with E-state index in [1.807, 2.05) is 11.0 Å². The Morgan fingerprint density at radius 2 is 1.67 bits per heavy atom. The molecule has 2 fully saturated rings. The molecular formula is C23H22F2N4O. The molecule has 2 aliphatic heterocycles. The summed E-state index contributed by atoms with van der Waals surface area (Å²) in [5, 5.41) is 3.67. The van der Waals surface area contributed by atoms with Crippen molar-refractivity contribution in [1.29, 1.82) is 0 Å². The summed E-state index contributed by atoms with van der Waals surface area (Å²) in [5.41, 5.74) is 2.59. The third kappa shape index (κ3) is 3.44. The van der Waals surface area contributed by atoms with E-state index in [1.165, 1.54) is 18.2 Å². The quantitative estimate of drug-likeness (QED) is 0.672. The number of nitrogens with one attached hydrogen (secondary N) is 1. The van der Waals surface area contributed by atoms with Crippen molar-refractivity contribution >= 4 is 28.3 Å². The number of anilines is 2. The minimum Gasteiger partial charge on any atom is -0.370 e. The van der Waals surface area contributed by atoms with E-state index < -0.39 is 0 Å². The van der Waals surface area contributed by atoms with Crippen LogP contribution in [0.25, 0.3) is 10.9 Å². The topological polar surface area (TPSA) is 48.5 Å². The summed E-state index contributed by atoms with van der Waals surface area (Å²) in [4.78, 5) is 20.9. The zero-order valence-electron chi connectivity index (χ0n) is 16.4. The van der Waals surface area contributed by atoms with Crippen molar-refractivity contribution < 1.29 is 13.6 Å². The molecule has 0 bridgehead atoms. The number of carbonyl (C=O) groups is 1. The standard InChI is InChI=1S/C23H22F2N4O/c24-16-1-4-18(5-2-16)27-22(30)28-11-8-23(9-12-28)14-29(15-23)21-7-10-26-20-6-3-17(25)13-19(20)21/h1-7,10,13H,8-9,11-12,14-15H2,(H,27,30). The van der Waals surface area contributed by atoms with Gasteiger partial charge >= 0.3 is 6.03 Å². The maximum atomic E-state index is 13.7. The highest BCUT2D eigenvalue weighted by molar-refractivity contribution is 5.92. The van der Waals surface area contributed by atoms with Crippen LogP contribution >= 0.6 is 0 Å². The number of carbonyl (C=O) groups excluding carboxylic acids is 1. The van der Waals surface area contributed by atoms with Crippen molar-refractivity contribution in [2.24, 2.45) is 5.41 Å². The summed E-state index contributed by atoms with van der Waals surface area (Å²) >= 11 is 0. The first-order chi connectivity index (χ1) is 14.5. The molecule has 1 N–H and O–H groups in total. The number of fused-ring (bicyclic) bond motifs is 1. The number of amides is 2. The van der Waals surface area contributed by atoms with E-state index >= 15 is 0 Å². The molecule has 30 heavy (non-hydrogen) atoms. The number of aromatic nitrogens is 1. The molecule has 154 valence electrons. The number of rotatable bonds is 2. The number of pyridine rings is 1. The van der Waals surface area contributed by atoms with E-state index in [-0.39, 0.29) is 23.1 Å². The van der Waals surface area contributed by atoms with Crippen molar-refractivity contribution in [3.63, 3.8) is 0 Å². The zero-order valence-corrected chi connectivity index (χ0v) is 16.4. The van der Waals surface area contributed by atoms with Gasteiger partial charge in [0.05, 0.1) is 5.52 Å². The molecule has 2 aliphatic rings. The molecule has 0 saturated carbocycles. The fraction of sp³-hybridized carbons (Fsp3) is 0.304. The molecular weight excluding hydrogens is 386 g/mol. The highest BCUT2D eigenvalue weighted by Crippen LogP contribution is 2.44. The number of hydrogen-bond acceptors (Lipinski definition) is 3. The van der Waals surface area contributed by atoms with Gasteiger partial charge in [-0.2, -0.15) is 0 Å². The fourth-order valence-electron chi connectivity index (χ4n) is 4.55. The average Bonchev–Trinajstić information content (AvgIpc) is 2.73. The number of urea groups is 1. The Kier molecular flexibility index (Phi) is 4.53. The maximum Gasteiger partial charge on any atom is 0.321 e. The number of benzene rings is 2. The van der Waals surface area contributed by atoms with Gasteiger partial charge in [-0.15, -0.1) is 0 Å². The van der Waals surface area contributed by atoms with Crippen LogP contribution < -0.4 is 10.2 Å². The number of likely N-dealkylation sites (tertiary alicyclic amines) is 1. The molecule has 7 heteroatoms. The van der Waals surface area contributed by atoms with E-state index in [0.717, 1.165) is 42.5 Å². The summed E-state index contributed by atoms with van der Waals surface area (Å²) < 4.78 is 26.8. The van der Waals surface area contributed by atoms with Crippen LogP contribution in [-0.4, -0.2) is 42.1 Å². The van der Waals surface area contributed by atoms with Gasteiger partial charge in [0.25, 0.3) is 0 Å². The first-order valence-electron chi connectivity index (χ1n) is 10.1. The van der Waals surface area contributed by atoms with E-state index in [9.17, 15) is 13.6 Å². The van der Waals surface area contributed by atoms with Gasteiger partial charge < -0.3 is 15.1 Å². The second kappa shape index (κ2) is 7.23. The summed E-state index contributed by atoms with van der Waals surface area (Å²) in [6, 6.07) is 12.3. The van der Waals surface area contributed by atoms with Crippen LogP contribution in [0.4, 0.5) is 25.0 Å². The van der Waals surface area contributed by atoms with Gasteiger partial charge in [0.1, 0.15) is 11.6 Å². The van der Waals surface area contributed by atoms with Crippen molar-refractivity contribution in [2.75, 3.05) is 36.4 Å². The lowest BCUT2D eigenvalue weighted by Gasteiger charge is -2.55. The molecule has 1 aromatic heterocycles.